The van der Waals surface area contributed by atoms with E-state index in [4.69, 9.17) is 4.74 Å². The number of hydrogen-bond acceptors (Lipinski definition) is 4. The summed E-state index contributed by atoms with van der Waals surface area (Å²) in [5, 5.41) is 2.59. The lowest BCUT2D eigenvalue weighted by molar-refractivity contribution is -0.118. The zero-order chi connectivity index (χ0) is 19.1. The van der Waals surface area contributed by atoms with Crippen molar-refractivity contribution in [2.24, 2.45) is 0 Å². The van der Waals surface area contributed by atoms with Gasteiger partial charge in [0.05, 0.1) is 12.9 Å². The second-order valence-corrected chi connectivity index (χ2v) is 6.02. The van der Waals surface area contributed by atoms with Crippen molar-refractivity contribution in [3.8, 4) is 11.5 Å². The van der Waals surface area contributed by atoms with Gasteiger partial charge in [-0.05, 0) is 35.9 Å². The van der Waals surface area contributed by atoms with Crippen LogP contribution >= 0.6 is 11.8 Å². The Morgan fingerprint density at radius 2 is 1.92 bits per heavy atom. The number of rotatable bonds is 8. The molecular weight excluding hydrogens is 374 g/mol. The highest BCUT2D eigenvalue weighted by Crippen LogP contribution is 2.29. The number of alkyl halides is 2. The Bertz CT molecular complexity index is 774. The number of nitrogens with one attached hydrogen (secondary N) is 1. The van der Waals surface area contributed by atoms with Gasteiger partial charge in [0.2, 0.25) is 5.91 Å². The average Bonchev–Trinajstić information content (AvgIpc) is 2.61. The minimum absolute atomic E-state index is 0.0373. The molecule has 0 aromatic heterocycles. The molecule has 9 heteroatoms. The minimum atomic E-state index is -2.98. The first-order valence-electron chi connectivity index (χ1n) is 7.35. The molecule has 0 unspecified atom stereocenters. The first-order chi connectivity index (χ1) is 12.4. The monoisotopic (exact) mass is 389 g/mol. The molecule has 1 amide bonds. The molecule has 0 heterocycles. The smallest absolute Gasteiger partial charge is 0.387 e. The molecule has 0 atom stereocenters. The van der Waals surface area contributed by atoms with Crippen LogP contribution in [0.3, 0.4) is 0 Å². The zero-order valence-corrected chi connectivity index (χ0v) is 14.4. The predicted molar refractivity (Wildman–Crippen MR) is 88.6 cm³/mol. The van der Waals surface area contributed by atoms with Gasteiger partial charge in [0.1, 0.15) is 11.6 Å². The van der Waals surface area contributed by atoms with Gasteiger partial charge in [-0.25, -0.2) is 8.78 Å². The number of amides is 1. The van der Waals surface area contributed by atoms with Crippen LogP contribution in [0, 0.1) is 11.6 Å². The number of carbonyl (C=O) groups excluding carboxylic acids is 1. The third-order valence-electron chi connectivity index (χ3n) is 3.19. The lowest BCUT2D eigenvalue weighted by atomic mass is 10.2. The molecule has 0 saturated heterocycles. The van der Waals surface area contributed by atoms with Gasteiger partial charge >= 0.3 is 6.61 Å². The van der Waals surface area contributed by atoms with Gasteiger partial charge in [0, 0.05) is 11.4 Å². The molecule has 0 bridgehead atoms. The van der Waals surface area contributed by atoms with Crippen LogP contribution in [-0.4, -0.2) is 25.4 Å². The highest BCUT2D eigenvalue weighted by atomic mass is 32.2. The van der Waals surface area contributed by atoms with Gasteiger partial charge in [-0.3, -0.25) is 4.79 Å². The highest BCUT2D eigenvalue weighted by molar-refractivity contribution is 8.00. The molecule has 0 spiro atoms. The van der Waals surface area contributed by atoms with Crippen LogP contribution in [0.2, 0.25) is 0 Å². The van der Waals surface area contributed by atoms with Crippen molar-refractivity contribution in [3.05, 3.63) is 53.6 Å². The van der Waals surface area contributed by atoms with E-state index in [1.807, 2.05) is 0 Å². The van der Waals surface area contributed by atoms with Crippen molar-refractivity contribution >= 4 is 17.7 Å². The third-order valence-corrected chi connectivity index (χ3v) is 4.22. The molecule has 26 heavy (non-hydrogen) atoms. The highest BCUT2D eigenvalue weighted by Gasteiger charge is 2.12. The number of ether oxygens (including phenoxy) is 2. The fourth-order valence-corrected chi connectivity index (χ4v) is 2.79. The number of carbonyl (C=O) groups is 1. The predicted octanol–water partition coefficient (Wildman–Crippen LogP) is 3.98. The number of halogens is 4. The molecule has 2 rings (SSSR count). The van der Waals surface area contributed by atoms with Crippen molar-refractivity contribution in [2.75, 3.05) is 12.9 Å². The van der Waals surface area contributed by atoms with E-state index in [1.54, 1.807) is 0 Å². The Kier molecular flexibility index (Phi) is 7.14. The number of benzene rings is 2. The van der Waals surface area contributed by atoms with Crippen molar-refractivity contribution in [3.63, 3.8) is 0 Å². The Balaban J connectivity index is 1.89. The third kappa shape index (κ3) is 5.83. The molecule has 0 fully saturated rings. The van der Waals surface area contributed by atoms with Crippen LogP contribution in [0.4, 0.5) is 17.6 Å². The van der Waals surface area contributed by atoms with Crippen LogP contribution in [0.5, 0.6) is 11.5 Å². The molecule has 140 valence electrons. The SMILES string of the molecule is COc1cc(CNC(=O)CSc2cc(F)ccc2F)ccc1OC(F)F. The molecule has 0 aliphatic heterocycles. The lowest BCUT2D eigenvalue weighted by Gasteiger charge is -2.12. The van der Waals surface area contributed by atoms with Crippen molar-refractivity contribution in [1.29, 1.82) is 0 Å². The molecule has 2 aromatic rings. The molecule has 0 saturated carbocycles. The summed E-state index contributed by atoms with van der Waals surface area (Å²) in [5.74, 6) is -1.71. The van der Waals surface area contributed by atoms with E-state index < -0.39 is 24.2 Å². The quantitative estimate of drug-likeness (QED) is 0.548. The van der Waals surface area contributed by atoms with Gasteiger partial charge < -0.3 is 14.8 Å². The van der Waals surface area contributed by atoms with Crippen LogP contribution in [0.25, 0.3) is 0 Å². The van der Waals surface area contributed by atoms with E-state index in [0.717, 1.165) is 30.0 Å². The Hall–Kier alpha value is -2.42. The standard InChI is InChI=1S/C17H15F4NO3S/c1-24-14-6-10(2-5-13(14)25-17(20)21)8-22-16(23)9-26-15-7-11(18)3-4-12(15)19/h2-7,17H,8-9H2,1H3,(H,22,23). The second-order valence-electron chi connectivity index (χ2n) is 5.00. The molecule has 4 nitrogen and oxygen atoms in total. The maximum absolute atomic E-state index is 13.5. The van der Waals surface area contributed by atoms with E-state index in [2.05, 4.69) is 10.1 Å². The van der Waals surface area contributed by atoms with Crippen molar-refractivity contribution < 1.29 is 31.8 Å². The lowest BCUT2D eigenvalue weighted by Crippen LogP contribution is -2.24. The zero-order valence-electron chi connectivity index (χ0n) is 13.6. The van der Waals surface area contributed by atoms with E-state index in [-0.39, 0.29) is 28.7 Å². The molecule has 1 N–H and O–H groups in total. The largest absolute Gasteiger partial charge is 0.493 e. The summed E-state index contributed by atoms with van der Waals surface area (Å²) in [6.45, 7) is -2.87. The summed E-state index contributed by atoms with van der Waals surface area (Å²) in [6, 6.07) is 7.26. The summed E-state index contributed by atoms with van der Waals surface area (Å²) < 4.78 is 60.4. The van der Waals surface area contributed by atoms with Gasteiger partial charge in [-0.1, -0.05) is 6.07 Å². The van der Waals surface area contributed by atoms with Gasteiger partial charge in [-0.2, -0.15) is 8.78 Å². The maximum Gasteiger partial charge on any atom is 0.387 e. The van der Waals surface area contributed by atoms with Crippen LogP contribution < -0.4 is 14.8 Å². The summed E-state index contributed by atoms with van der Waals surface area (Å²) in [4.78, 5) is 11.9. The molecule has 0 radical (unpaired) electrons. The fourth-order valence-electron chi connectivity index (χ4n) is 2.00. The number of methoxy groups -OCH3 is 1. The minimum Gasteiger partial charge on any atom is -0.493 e. The van der Waals surface area contributed by atoms with E-state index in [1.165, 1.54) is 25.3 Å². The summed E-state index contributed by atoms with van der Waals surface area (Å²) >= 11 is 0.866. The van der Waals surface area contributed by atoms with Crippen LogP contribution in [-0.2, 0) is 11.3 Å². The van der Waals surface area contributed by atoms with Gasteiger partial charge in [0.25, 0.3) is 0 Å². The maximum atomic E-state index is 13.5. The molecule has 0 aliphatic carbocycles. The number of thioether (sulfide) groups is 1. The van der Waals surface area contributed by atoms with Crippen molar-refractivity contribution in [1.82, 2.24) is 5.32 Å². The molecule has 0 aliphatic rings. The summed E-state index contributed by atoms with van der Waals surface area (Å²) in [6.07, 6.45) is 0. The summed E-state index contributed by atoms with van der Waals surface area (Å²) in [7, 11) is 1.31. The topological polar surface area (TPSA) is 47.6 Å². The van der Waals surface area contributed by atoms with Gasteiger partial charge in [-0.15, -0.1) is 11.8 Å². The van der Waals surface area contributed by atoms with Crippen molar-refractivity contribution in [2.45, 2.75) is 18.1 Å². The second kappa shape index (κ2) is 9.33. The van der Waals surface area contributed by atoms with E-state index in [9.17, 15) is 22.4 Å². The van der Waals surface area contributed by atoms with Crippen LogP contribution in [0.1, 0.15) is 5.56 Å². The Labute approximate surface area is 151 Å². The first-order valence-corrected chi connectivity index (χ1v) is 8.34. The normalized spacial score (nSPS) is 10.7. The average molecular weight is 389 g/mol. The van der Waals surface area contributed by atoms with Gasteiger partial charge in [0.15, 0.2) is 11.5 Å². The van der Waals surface area contributed by atoms with E-state index >= 15 is 0 Å². The van der Waals surface area contributed by atoms with E-state index in [0.29, 0.717) is 5.56 Å². The molecular formula is C17H15F4NO3S. The Morgan fingerprint density at radius 3 is 2.62 bits per heavy atom. The fraction of sp³-hybridized carbons (Fsp3) is 0.235. The van der Waals surface area contributed by atoms with Crippen LogP contribution in [0.15, 0.2) is 41.3 Å². The Morgan fingerprint density at radius 1 is 1.15 bits per heavy atom. The summed E-state index contributed by atoms with van der Waals surface area (Å²) in [5.41, 5.74) is 0.596. The molecule has 2 aromatic carbocycles. The first kappa shape index (κ1) is 19.9. The number of hydrogen-bond donors (Lipinski definition) is 1.